The third-order valence-corrected chi connectivity index (χ3v) is 4.70. The molecule has 0 spiro atoms. The molecule has 1 fully saturated rings. The first-order valence-corrected chi connectivity index (χ1v) is 9.19. The molecule has 0 saturated carbocycles. The van der Waals surface area contributed by atoms with E-state index in [1.54, 1.807) is 4.90 Å². The van der Waals surface area contributed by atoms with E-state index in [1.165, 1.54) is 18.2 Å². The van der Waals surface area contributed by atoms with Gasteiger partial charge in [0.15, 0.2) is 0 Å². The Kier molecular flexibility index (Phi) is 6.33. The molecule has 0 radical (unpaired) electrons. The zero-order chi connectivity index (χ0) is 20.8. The Labute approximate surface area is 167 Å². The van der Waals surface area contributed by atoms with Crippen LogP contribution in [0, 0.1) is 15.9 Å². The fourth-order valence-corrected chi connectivity index (χ4v) is 3.24. The van der Waals surface area contributed by atoms with Crippen molar-refractivity contribution >= 4 is 23.6 Å². The van der Waals surface area contributed by atoms with E-state index in [2.05, 4.69) is 5.32 Å². The number of amides is 2. The number of carbonyl (C=O) groups excluding carboxylic acids is 2. The van der Waals surface area contributed by atoms with E-state index >= 15 is 0 Å². The number of nitrogens with one attached hydrogen (secondary N) is 1. The number of rotatable bonds is 7. The first kappa shape index (κ1) is 20.2. The lowest BCUT2D eigenvalue weighted by Gasteiger charge is -2.24. The SMILES string of the molecule is O=C(C=Cc1ccc(F)cc1[N+](=O)[O-])NC(CN1CCCC1=O)c1ccccc1. The quantitative estimate of drug-likeness (QED) is 0.441. The largest absolute Gasteiger partial charge is 0.344 e. The number of nitro groups is 1. The number of carbonyl (C=O) groups is 2. The maximum atomic E-state index is 13.3. The molecular weight excluding hydrogens is 377 g/mol. The fourth-order valence-electron chi connectivity index (χ4n) is 3.24. The molecule has 150 valence electrons. The number of benzene rings is 2. The van der Waals surface area contributed by atoms with Gasteiger partial charge in [-0.1, -0.05) is 30.3 Å². The van der Waals surface area contributed by atoms with E-state index < -0.39 is 28.4 Å². The molecule has 1 unspecified atom stereocenters. The predicted octanol–water partition coefficient (Wildman–Crippen LogP) is 3.23. The van der Waals surface area contributed by atoms with Crippen molar-refractivity contribution in [3.05, 3.63) is 81.7 Å². The van der Waals surface area contributed by atoms with Gasteiger partial charge in [-0.3, -0.25) is 19.7 Å². The van der Waals surface area contributed by atoms with Crippen LogP contribution in [0.5, 0.6) is 0 Å². The van der Waals surface area contributed by atoms with E-state index in [0.29, 0.717) is 19.5 Å². The van der Waals surface area contributed by atoms with E-state index in [9.17, 15) is 24.1 Å². The third kappa shape index (κ3) is 5.25. The molecule has 1 saturated heterocycles. The van der Waals surface area contributed by atoms with Crippen LogP contribution >= 0.6 is 0 Å². The van der Waals surface area contributed by atoms with Crippen molar-refractivity contribution in [1.29, 1.82) is 0 Å². The van der Waals surface area contributed by atoms with Gasteiger partial charge in [-0.15, -0.1) is 0 Å². The van der Waals surface area contributed by atoms with Gasteiger partial charge in [0.25, 0.3) is 5.69 Å². The normalized spacial score (nSPS) is 14.9. The smallest absolute Gasteiger partial charge is 0.279 e. The lowest BCUT2D eigenvalue weighted by molar-refractivity contribution is -0.385. The van der Waals surface area contributed by atoms with Gasteiger partial charge in [0, 0.05) is 25.6 Å². The highest BCUT2D eigenvalue weighted by atomic mass is 19.1. The molecule has 3 rings (SSSR count). The number of nitro benzene ring substituents is 1. The van der Waals surface area contributed by atoms with Crippen molar-refractivity contribution in [3.8, 4) is 0 Å². The Balaban J connectivity index is 1.75. The second kappa shape index (κ2) is 9.09. The summed E-state index contributed by atoms with van der Waals surface area (Å²) in [6.45, 7) is 0.995. The molecule has 7 nitrogen and oxygen atoms in total. The van der Waals surface area contributed by atoms with Gasteiger partial charge in [-0.25, -0.2) is 4.39 Å². The number of nitrogens with zero attached hydrogens (tertiary/aromatic N) is 2. The van der Waals surface area contributed by atoms with Crippen LogP contribution in [0.25, 0.3) is 6.08 Å². The fraction of sp³-hybridized carbons (Fsp3) is 0.238. The van der Waals surface area contributed by atoms with Crippen molar-refractivity contribution in [1.82, 2.24) is 10.2 Å². The Morgan fingerprint density at radius 1 is 1.28 bits per heavy atom. The van der Waals surface area contributed by atoms with Crippen LogP contribution < -0.4 is 5.32 Å². The van der Waals surface area contributed by atoms with Gasteiger partial charge in [0.05, 0.1) is 22.6 Å². The van der Waals surface area contributed by atoms with Crippen LogP contribution in [0.3, 0.4) is 0 Å². The second-order valence-corrected chi connectivity index (χ2v) is 6.71. The van der Waals surface area contributed by atoms with Crippen molar-refractivity contribution in [3.63, 3.8) is 0 Å². The molecule has 1 atom stereocenters. The molecular formula is C21H20FN3O4. The Morgan fingerprint density at radius 2 is 2.03 bits per heavy atom. The topological polar surface area (TPSA) is 92.5 Å². The van der Waals surface area contributed by atoms with Crippen LogP contribution in [0.4, 0.5) is 10.1 Å². The maximum Gasteiger partial charge on any atom is 0.279 e. The van der Waals surface area contributed by atoms with Crippen molar-refractivity contribution in [2.24, 2.45) is 0 Å². The Hall–Kier alpha value is -3.55. The Morgan fingerprint density at radius 3 is 2.69 bits per heavy atom. The van der Waals surface area contributed by atoms with E-state index in [0.717, 1.165) is 24.1 Å². The van der Waals surface area contributed by atoms with Crippen molar-refractivity contribution < 1.29 is 18.9 Å². The molecule has 1 N–H and O–H groups in total. The number of halogens is 1. The number of likely N-dealkylation sites (tertiary alicyclic amines) is 1. The van der Waals surface area contributed by atoms with Crippen LogP contribution in [0.15, 0.2) is 54.6 Å². The monoisotopic (exact) mass is 397 g/mol. The highest BCUT2D eigenvalue weighted by molar-refractivity contribution is 5.92. The number of hydrogen-bond donors (Lipinski definition) is 1. The minimum atomic E-state index is -0.724. The average molecular weight is 397 g/mol. The zero-order valence-electron chi connectivity index (χ0n) is 15.6. The molecule has 1 aliphatic rings. The lowest BCUT2D eigenvalue weighted by atomic mass is 10.1. The molecule has 2 aromatic carbocycles. The van der Waals surface area contributed by atoms with Crippen LogP contribution in [0.1, 0.15) is 30.0 Å². The first-order valence-electron chi connectivity index (χ1n) is 9.19. The summed E-state index contributed by atoms with van der Waals surface area (Å²) in [5, 5.41) is 13.9. The standard InChI is InChI=1S/C21H20FN3O4/c22-17-10-8-16(19(13-17)25(28)29)9-11-20(26)23-18(15-5-2-1-3-6-15)14-24-12-4-7-21(24)27/h1-3,5-6,8-11,13,18H,4,7,12,14H2,(H,23,26). The summed E-state index contributed by atoms with van der Waals surface area (Å²) in [6, 6.07) is 12.0. The molecule has 8 heteroatoms. The molecule has 0 aromatic heterocycles. The zero-order valence-corrected chi connectivity index (χ0v) is 15.6. The Bertz CT molecular complexity index is 946. The molecule has 0 aliphatic carbocycles. The summed E-state index contributed by atoms with van der Waals surface area (Å²) in [6.07, 6.45) is 3.74. The first-order chi connectivity index (χ1) is 13.9. The van der Waals surface area contributed by atoms with Crippen LogP contribution in [0.2, 0.25) is 0 Å². The minimum absolute atomic E-state index is 0.0534. The molecule has 29 heavy (non-hydrogen) atoms. The van der Waals surface area contributed by atoms with Gasteiger partial charge < -0.3 is 10.2 Å². The van der Waals surface area contributed by atoms with Gasteiger partial charge in [-0.05, 0) is 30.2 Å². The number of hydrogen-bond acceptors (Lipinski definition) is 4. The minimum Gasteiger partial charge on any atom is -0.344 e. The van der Waals surface area contributed by atoms with E-state index in [-0.39, 0.29) is 11.5 Å². The molecule has 0 bridgehead atoms. The van der Waals surface area contributed by atoms with Crippen LogP contribution in [-0.4, -0.2) is 34.7 Å². The summed E-state index contributed by atoms with van der Waals surface area (Å²) in [5.74, 6) is -1.14. The molecule has 2 aromatic rings. The van der Waals surface area contributed by atoms with Crippen molar-refractivity contribution in [2.75, 3.05) is 13.1 Å². The molecule has 1 heterocycles. The van der Waals surface area contributed by atoms with E-state index in [4.69, 9.17) is 0 Å². The van der Waals surface area contributed by atoms with Gasteiger partial charge >= 0.3 is 0 Å². The summed E-state index contributed by atoms with van der Waals surface area (Å²) < 4.78 is 13.3. The van der Waals surface area contributed by atoms with Gasteiger partial charge in [0.1, 0.15) is 5.82 Å². The van der Waals surface area contributed by atoms with Crippen molar-refractivity contribution in [2.45, 2.75) is 18.9 Å². The lowest BCUT2D eigenvalue weighted by Crippen LogP contribution is -2.38. The highest BCUT2D eigenvalue weighted by Crippen LogP contribution is 2.22. The molecule has 2 amide bonds. The summed E-state index contributed by atoms with van der Waals surface area (Å²) in [5.41, 5.74) is 0.551. The molecule has 1 aliphatic heterocycles. The second-order valence-electron chi connectivity index (χ2n) is 6.71. The highest BCUT2D eigenvalue weighted by Gasteiger charge is 2.25. The predicted molar refractivity (Wildman–Crippen MR) is 105 cm³/mol. The van der Waals surface area contributed by atoms with E-state index in [1.807, 2.05) is 30.3 Å². The maximum absolute atomic E-state index is 13.3. The van der Waals surface area contributed by atoms with Gasteiger partial charge in [0.2, 0.25) is 11.8 Å². The summed E-state index contributed by atoms with van der Waals surface area (Å²) in [4.78, 5) is 36.5. The summed E-state index contributed by atoms with van der Waals surface area (Å²) >= 11 is 0. The third-order valence-electron chi connectivity index (χ3n) is 4.70. The van der Waals surface area contributed by atoms with Crippen LogP contribution in [-0.2, 0) is 9.59 Å². The average Bonchev–Trinajstić information content (AvgIpc) is 3.11. The summed E-state index contributed by atoms with van der Waals surface area (Å²) in [7, 11) is 0. The van der Waals surface area contributed by atoms with Gasteiger partial charge in [-0.2, -0.15) is 0 Å².